The number of halogens is 1. The topological polar surface area (TPSA) is 50.4 Å². The number of anilines is 1. The highest BCUT2D eigenvalue weighted by molar-refractivity contribution is 14.0. The minimum atomic E-state index is 0. The molecule has 0 amide bonds. The molecule has 1 fully saturated rings. The number of aryl methyl sites for hydroxylation is 2. The first kappa shape index (κ1) is 14.6. The van der Waals surface area contributed by atoms with Crippen LogP contribution in [0.5, 0.6) is 0 Å². The fourth-order valence-corrected chi connectivity index (χ4v) is 2.61. The SMILES string of the molecule is I.NC(=NCCC1CC1)Nc1ccc2c(c1)CCC2. The number of benzene rings is 1. The Labute approximate surface area is 132 Å². The van der Waals surface area contributed by atoms with E-state index in [-0.39, 0.29) is 24.0 Å². The Morgan fingerprint density at radius 3 is 2.84 bits per heavy atom. The van der Waals surface area contributed by atoms with Gasteiger partial charge in [-0.1, -0.05) is 18.9 Å². The lowest BCUT2D eigenvalue weighted by Gasteiger charge is -2.07. The van der Waals surface area contributed by atoms with E-state index in [1.54, 1.807) is 0 Å². The molecule has 0 unspecified atom stereocenters. The van der Waals surface area contributed by atoms with Gasteiger partial charge in [-0.25, -0.2) is 0 Å². The molecule has 3 nitrogen and oxygen atoms in total. The largest absolute Gasteiger partial charge is 0.370 e. The second-order valence-electron chi connectivity index (χ2n) is 5.46. The van der Waals surface area contributed by atoms with Gasteiger partial charge in [0.25, 0.3) is 0 Å². The van der Waals surface area contributed by atoms with Crippen LogP contribution < -0.4 is 11.1 Å². The highest BCUT2D eigenvalue weighted by Gasteiger charge is 2.20. The summed E-state index contributed by atoms with van der Waals surface area (Å²) in [6, 6.07) is 6.53. The van der Waals surface area contributed by atoms with Gasteiger partial charge < -0.3 is 11.1 Å². The number of nitrogens with two attached hydrogens (primary N) is 1. The first-order valence-electron chi connectivity index (χ1n) is 7.00. The molecule has 1 saturated carbocycles. The van der Waals surface area contributed by atoms with E-state index in [2.05, 4.69) is 28.5 Å². The fourth-order valence-electron chi connectivity index (χ4n) is 2.61. The molecule has 1 aromatic carbocycles. The normalized spacial score (nSPS) is 17.8. The maximum atomic E-state index is 5.90. The molecule has 19 heavy (non-hydrogen) atoms. The number of nitrogens with zero attached hydrogens (tertiary/aromatic N) is 1. The number of hydrogen-bond acceptors (Lipinski definition) is 1. The molecule has 0 radical (unpaired) electrons. The van der Waals surface area contributed by atoms with Crippen molar-refractivity contribution in [1.29, 1.82) is 0 Å². The van der Waals surface area contributed by atoms with E-state index < -0.39 is 0 Å². The number of guanidine groups is 1. The smallest absolute Gasteiger partial charge is 0.193 e. The van der Waals surface area contributed by atoms with Crippen LogP contribution in [-0.4, -0.2) is 12.5 Å². The van der Waals surface area contributed by atoms with Gasteiger partial charge in [-0.3, -0.25) is 4.99 Å². The third-order valence-electron chi connectivity index (χ3n) is 3.89. The number of hydrogen-bond donors (Lipinski definition) is 2. The minimum Gasteiger partial charge on any atom is -0.370 e. The summed E-state index contributed by atoms with van der Waals surface area (Å²) in [4.78, 5) is 4.38. The molecule has 3 rings (SSSR count). The molecule has 4 heteroatoms. The number of aliphatic imine (C=N–C) groups is 1. The zero-order chi connectivity index (χ0) is 12.4. The van der Waals surface area contributed by atoms with Crippen molar-refractivity contribution in [3.8, 4) is 0 Å². The van der Waals surface area contributed by atoms with Crippen LogP contribution in [0.1, 0.15) is 36.8 Å². The van der Waals surface area contributed by atoms with Gasteiger partial charge in [0.2, 0.25) is 0 Å². The van der Waals surface area contributed by atoms with E-state index in [0.717, 1.165) is 18.2 Å². The molecular weight excluding hydrogens is 349 g/mol. The van der Waals surface area contributed by atoms with Crippen molar-refractivity contribution >= 4 is 35.6 Å². The summed E-state index contributed by atoms with van der Waals surface area (Å²) in [7, 11) is 0. The van der Waals surface area contributed by atoms with Gasteiger partial charge in [0.1, 0.15) is 0 Å². The van der Waals surface area contributed by atoms with E-state index in [1.807, 2.05) is 0 Å². The Morgan fingerprint density at radius 1 is 1.26 bits per heavy atom. The Kier molecular flexibility index (Phi) is 5.07. The van der Waals surface area contributed by atoms with Crippen molar-refractivity contribution in [3.05, 3.63) is 29.3 Å². The predicted molar refractivity (Wildman–Crippen MR) is 91.3 cm³/mol. The van der Waals surface area contributed by atoms with Gasteiger partial charge in [-0.2, -0.15) is 0 Å². The predicted octanol–water partition coefficient (Wildman–Crippen LogP) is 3.32. The molecule has 2 aliphatic rings. The summed E-state index contributed by atoms with van der Waals surface area (Å²) in [6.07, 6.45) is 7.65. The van der Waals surface area contributed by atoms with Crippen molar-refractivity contribution in [2.45, 2.75) is 38.5 Å². The Bertz CT molecular complexity index is 466. The van der Waals surface area contributed by atoms with Crippen molar-refractivity contribution < 1.29 is 0 Å². The minimum absolute atomic E-state index is 0. The zero-order valence-corrected chi connectivity index (χ0v) is 13.5. The van der Waals surface area contributed by atoms with Gasteiger partial charge in [-0.15, -0.1) is 24.0 Å². The zero-order valence-electron chi connectivity index (χ0n) is 11.2. The molecule has 0 saturated heterocycles. The van der Waals surface area contributed by atoms with E-state index in [1.165, 1.54) is 49.7 Å². The number of rotatable bonds is 4. The van der Waals surface area contributed by atoms with Crippen LogP contribution in [0.4, 0.5) is 5.69 Å². The summed E-state index contributed by atoms with van der Waals surface area (Å²) in [5.41, 5.74) is 9.92. The Morgan fingerprint density at radius 2 is 2.05 bits per heavy atom. The standard InChI is InChI=1S/C15H21N3.HI/c16-15(17-9-8-11-4-5-11)18-14-7-6-12-2-1-3-13(12)10-14;/h6-7,10-11H,1-5,8-9H2,(H3,16,17,18);1H. The van der Waals surface area contributed by atoms with E-state index >= 15 is 0 Å². The van der Waals surface area contributed by atoms with E-state index in [0.29, 0.717) is 5.96 Å². The maximum Gasteiger partial charge on any atom is 0.193 e. The van der Waals surface area contributed by atoms with E-state index in [4.69, 9.17) is 5.73 Å². The lowest BCUT2D eigenvalue weighted by molar-refractivity contribution is 0.739. The van der Waals surface area contributed by atoms with Crippen molar-refractivity contribution in [3.63, 3.8) is 0 Å². The second kappa shape index (κ2) is 6.59. The molecule has 0 atom stereocenters. The molecule has 2 aliphatic carbocycles. The molecule has 0 aliphatic heterocycles. The molecule has 104 valence electrons. The Balaban J connectivity index is 0.00000133. The third-order valence-corrected chi connectivity index (χ3v) is 3.89. The highest BCUT2D eigenvalue weighted by atomic mass is 127. The molecule has 0 heterocycles. The van der Waals surface area contributed by atoms with Crippen LogP contribution in [0.25, 0.3) is 0 Å². The second-order valence-corrected chi connectivity index (χ2v) is 5.46. The summed E-state index contributed by atoms with van der Waals surface area (Å²) < 4.78 is 0. The molecule has 1 aromatic rings. The quantitative estimate of drug-likeness (QED) is 0.485. The van der Waals surface area contributed by atoms with Crippen molar-refractivity contribution in [2.75, 3.05) is 11.9 Å². The van der Waals surface area contributed by atoms with Crippen LogP contribution in [0.3, 0.4) is 0 Å². The van der Waals surface area contributed by atoms with Gasteiger partial charge >= 0.3 is 0 Å². The lowest BCUT2D eigenvalue weighted by atomic mass is 10.1. The number of nitrogens with one attached hydrogen (secondary N) is 1. The van der Waals surface area contributed by atoms with E-state index in [9.17, 15) is 0 Å². The first-order valence-corrected chi connectivity index (χ1v) is 7.00. The van der Waals surface area contributed by atoms with Gasteiger partial charge in [0.15, 0.2) is 5.96 Å². The average Bonchev–Trinajstić information content (AvgIpc) is 3.06. The van der Waals surface area contributed by atoms with Crippen molar-refractivity contribution in [1.82, 2.24) is 0 Å². The maximum absolute atomic E-state index is 5.90. The lowest BCUT2D eigenvalue weighted by Crippen LogP contribution is -2.23. The molecule has 0 bridgehead atoms. The third kappa shape index (κ3) is 4.09. The van der Waals surface area contributed by atoms with Crippen molar-refractivity contribution in [2.24, 2.45) is 16.6 Å². The van der Waals surface area contributed by atoms with Crippen LogP contribution in [0, 0.1) is 5.92 Å². The fraction of sp³-hybridized carbons (Fsp3) is 0.533. The monoisotopic (exact) mass is 371 g/mol. The summed E-state index contributed by atoms with van der Waals surface area (Å²) in [5, 5.41) is 3.19. The van der Waals surface area contributed by atoms with Crippen LogP contribution in [0.15, 0.2) is 23.2 Å². The first-order chi connectivity index (χ1) is 8.81. The molecule has 0 spiro atoms. The van der Waals surface area contributed by atoms with Gasteiger partial charge in [-0.05, 0) is 54.9 Å². The Hall–Kier alpha value is -0.780. The van der Waals surface area contributed by atoms with Crippen LogP contribution in [-0.2, 0) is 12.8 Å². The molecular formula is C15H22IN3. The van der Waals surface area contributed by atoms with Gasteiger partial charge in [0, 0.05) is 12.2 Å². The number of fused-ring (bicyclic) bond motifs is 1. The molecule has 3 N–H and O–H groups in total. The highest BCUT2D eigenvalue weighted by Crippen LogP contribution is 2.32. The van der Waals surface area contributed by atoms with Gasteiger partial charge in [0.05, 0.1) is 0 Å². The van der Waals surface area contributed by atoms with Crippen LogP contribution in [0.2, 0.25) is 0 Å². The molecule has 0 aromatic heterocycles. The summed E-state index contributed by atoms with van der Waals surface area (Å²) >= 11 is 0. The summed E-state index contributed by atoms with van der Waals surface area (Å²) in [6.45, 7) is 0.856. The van der Waals surface area contributed by atoms with Crippen LogP contribution >= 0.6 is 24.0 Å². The average molecular weight is 371 g/mol. The summed E-state index contributed by atoms with van der Waals surface area (Å²) in [5.74, 6) is 1.47.